The molecule has 1 heterocycles. The normalized spacial score (nSPS) is 24.0. The number of carbonyl (C=O) groups is 1. The lowest BCUT2D eigenvalue weighted by atomic mass is 9.87. The number of carbonyl (C=O) groups excluding carboxylic acids is 1. The molecular formula is C17H32N4O3S. The van der Waals surface area contributed by atoms with Crippen LogP contribution in [0, 0.1) is 5.92 Å². The summed E-state index contributed by atoms with van der Waals surface area (Å²) in [6, 6.07) is -0.0799. The maximum atomic E-state index is 12.0. The summed E-state index contributed by atoms with van der Waals surface area (Å²) in [6.07, 6.45) is 7.38. The monoisotopic (exact) mass is 372 g/mol. The van der Waals surface area contributed by atoms with Gasteiger partial charge in [-0.2, -0.15) is 0 Å². The summed E-state index contributed by atoms with van der Waals surface area (Å²) in [4.78, 5) is 16.4. The van der Waals surface area contributed by atoms with Gasteiger partial charge in [0.2, 0.25) is 5.91 Å². The van der Waals surface area contributed by atoms with Crippen LogP contribution in [-0.2, 0) is 14.6 Å². The zero-order chi connectivity index (χ0) is 18.1. The zero-order valence-corrected chi connectivity index (χ0v) is 16.0. The molecule has 0 aromatic rings. The summed E-state index contributed by atoms with van der Waals surface area (Å²) in [5, 5.41) is 9.23. The number of hydrogen-bond acceptors (Lipinski definition) is 4. The van der Waals surface area contributed by atoms with Gasteiger partial charge in [0.1, 0.15) is 0 Å². The second kappa shape index (κ2) is 9.99. The number of aliphatic imine (C=N–C) groups is 1. The van der Waals surface area contributed by atoms with Gasteiger partial charge in [0.25, 0.3) is 0 Å². The van der Waals surface area contributed by atoms with Gasteiger partial charge >= 0.3 is 0 Å². The van der Waals surface area contributed by atoms with E-state index in [1.807, 2.05) is 6.92 Å². The minimum absolute atomic E-state index is 0.0799. The minimum Gasteiger partial charge on any atom is -0.357 e. The van der Waals surface area contributed by atoms with Crippen molar-refractivity contribution in [2.45, 2.75) is 57.9 Å². The second-order valence-electron chi connectivity index (χ2n) is 7.06. The molecule has 1 saturated carbocycles. The Bertz CT molecular complexity index is 556. The smallest absolute Gasteiger partial charge is 0.220 e. The summed E-state index contributed by atoms with van der Waals surface area (Å²) in [5.41, 5.74) is 0. The molecule has 0 spiro atoms. The van der Waals surface area contributed by atoms with E-state index in [1.54, 1.807) is 0 Å². The van der Waals surface area contributed by atoms with E-state index >= 15 is 0 Å². The van der Waals surface area contributed by atoms with Crippen molar-refractivity contribution in [2.24, 2.45) is 10.9 Å². The van der Waals surface area contributed by atoms with Crippen molar-refractivity contribution in [3.05, 3.63) is 0 Å². The highest BCUT2D eigenvalue weighted by atomic mass is 32.2. The summed E-state index contributed by atoms with van der Waals surface area (Å²) >= 11 is 0. The number of nitrogens with one attached hydrogen (secondary N) is 3. The molecule has 1 amide bonds. The Hall–Kier alpha value is -1.31. The Morgan fingerprint density at radius 1 is 1.12 bits per heavy atom. The lowest BCUT2D eigenvalue weighted by Gasteiger charge is -2.20. The molecule has 1 atom stereocenters. The van der Waals surface area contributed by atoms with E-state index in [0.717, 1.165) is 0 Å². The third-order valence-electron chi connectivity index (χ3n) is 4.82. The number of rotatable bonds is 7. The first kappa shape index (κ1) is 20.0. The minimum atomic E-state index is -2.91. The number of amides is 1. The van der Waals surface area contributed by atoms with Gasteiger partial charge in [0.05, 0.1) is 18.1 Å². The van der Waals surface area contributed by atoms with E-state index in [9.17, 15) is 13.2 Å². The molecule has 25 heavy (non-hydrogen) atoms. The van der Waals surface area contributed by atoms with Crippen molar-refractivity contribution in [3.8, 4) is 0 Å². The first-order valence-corrected chi connectivity index (χ1v) is 11.3. The Morgan fingerprint density at radius 2 is 1.88 bits per heavy atom. The van der Waals surface area contributed by atoms with Gasteiger partial charge < -0.3 is 16.0 Å². The van der Waals surface area contributed by atoms with Gasteiger partial charge in [-0.1, -0.05) is 19.3 Å². The topological polar surface area (TPSA) is 99.7 Å². The summed E-state index contributed by atoms with van der Waals surface area (Å²) in [5.74, 6) is 1.67. The molecule has 1 saturated heterocycles. The zero-order valence-electron chi connectivity index (χ0n) is 15.2. The van der Waals surface area contributed by atoms with E-state index in [1.165, 1.54) is 32.1 Å². The molecule has 1 aliphatic heterocycles. The van der Waals surface area contributed by atoms with Gasteiger partial charge in [0, 0.05) is 25.6 Å². The van der Waals surface area contributed by atoms with Crippen LogP contribution in [-0.4, -0.2) is 57.5 Å². The van der Waals surface area contributed by atoms with Crippen LogP contribution >= 0.6 is 0 Å². The molecule has 2 rings (SSSR count). The first-order valence-electron chi connectivity index (χ1n) is 9.50. The molecule has 8 heteroatoms. The van der Waals surface area contributed by atoms with E-state index < -0.39 is 9.84 Å². The molecule has 3 N–H and O–H groups in total. The fourth-order valence-electron chi connectivity index (χ4n) is 3.51. The van der Waals surface area contributed by atoms with Crippen LogP contribution in [0.2, 0.25) is 0 Å². The Balaban J connectivity index is 1.68. The van der Waals surface area contributed by atoms with Crippen molar-refractivity contribution < 1.29 is 13.2 Å². The number of nitrogens with zero attached hydrogens (tertiary/aromatic N) is 1. The molecule has 1 aliphatic carbocycles. The predicted molar refractivity (Wildman–Crippen MR) is 100 cm³/mol. The van der Waals surface area contributed by atoms with E-state index in [-0.39, 0.29) is 23.5 Å². The van der Waals surface area contributed by atoms with Crippen molar-refractivity contribution in [1.82, 2.24) is 16.0 Å². The number of hydrogen-bond donors (Lipinski definition) is 3. The molecule has 2 aliphatic rings. The van der Waals surface area contributed by atoms with Gasteiger partial charge in [-0.15, -0.1) is 0 Å². The molecule has 2 fully saturated rings. The van der Waals surface area contributed by atoms with Crippen LogP contribution in [0.25, 0.3) is 0 Å². The fourth-order valence-corrected chi connectivity index (χ4v) is 5.18. The third kappa shape index (κ3) is 7.63. The summed E-state index contributed by atoms with van der Waals surface area (Å²) in [7, 11) is -2.91. The Morgan fingerprint density at radius 3 is 2.52 bits per heavy atom. The standard InChI is InChI=1S/C17H32N4O3S/c1-2-18-17(21-15-8-11-25(23,24)13-15)20-10-9-19-16(22)12-14-6-4-3-5-7-14/h14-15H,2-13H2,1H3,(H,19,22)(H2,18,20,21). The molecular weight excluding hydrogens is 340 g/mol. The third-order valence-corrected chi connectivity index (χ3v) is 6.59. The van der Waals surface area contributed by atoms with E-state index in [4.69, 9.17) is 0 Å². The Labute approximate surface area is 151 Å². The maximum absolute atomic E-state index is 12.0. The fraction of sp³-hybridized carbons (Fsp3) is 0.882. The van der Waals surface area contributed by atoms with Gasteiger partial charge in [-0.25, -0.2) is 8.42 Å². The predicted octanol–water partition coefficient (Wildman–Crippen LogP) is 0.815. The molecule has 1 unspecified atom stereocenters. The maximum Gasteiger partial charge on any atom is 0.220 e. The van der Waals surface area contributed by atoms with Crippen LogP contribution in [0.1, 0.15) is 51.9 Å². The highest BCUT2D eigenvalue weighted by molar-refractivity contribution is 7.91. The van der Waals surface area contributed by atoms with Crippen LogP contribution < -0.4 is 16.0 Å². The van der Waals surface area contributed by atoms with Crippen molar-refractivity contribution in [2.75, 3.05) is 31.1 Å². The number of guanidine groups is 1. The van der Waals surface area contributed by atoms with Gasteiger partial charge in [-0.3, -0.25) is 9.79 Å². The van der Waals surface area contributed by atoms with Gasteiger partial charge in [-0.05, 0) is 32.1 Å². The van der Waals surface area contributed by atoms with Crippen LogP contribution in [0.3, 0.4) is 0 Å². The molecule has 0 aromatic heterocycles. The van der Waals surface area contributed by atoms with Crippen molar-refractivity contribution in [1.29, 1.82) is 0 Å². The largest absolute Gasteiger partial charge is 0.357 e. The molecule has 144 valence electrons. The van der Waals surface area contributed by atoms with Crippen molar-refractivity contribution >= 4 is 21.7 Å². The average molecular weight is 373 g/mol. The van der Waals surface area contributed by atoms with Crippen LogP contribution in [0.5, 0.6) is 0 Å². The molecule has 7 nitrogen and oxygen atoms in total. The average Bonchev–Trinajstić information content (AvgIpc) is 2.91. The Kier molecular flexibility index (Phi) is 7.99. The van der Waals surface area contributed by atoms with E-state index in [0.29, 0.717) is 44.4 Å². The SMILES string of the molecule is CCNC(=NCCNC(=O)CC1CCCCC1)NC1CCS(=O)(=O)C1. The quantitative estimate of drug-likeness (QED) is 0.349. The van der Waals surface area contributed by atoms with Crippen molar-refractivity contribution in [3.63, 3.8) is 0 Å². The molecule has 0 bridgehead atoms. The highest BCUT2D eigenvalue weighted by Crippen LogP contribution is 2.25. The molecule has 0 aromatic carbocycles. The lowest BCUT2D eigenvalue weighted by molar-refractivity contribution is -0.122. The lowest BCUT2D eigenvalue weighted by Crippen LogP contribution is -2.44. The molecule has 0 radical (unpaired) electrons. The second-order valence-corrected chi connectivity index (χ2v) is 9.29. The summed E-state index contributed by atoms with van der Waals surface area (Å²) in [6.45, 7) is 3.66. The van der Waals surface area contributed by atoms with Gasteiger partial charge in [0.15, 0.2) is 15.8 Å². The number of sulfone groups is 1. The first-order chi connectivity index (χ1) is 12.0. The summed E-state index contributed by atoms with van der Waals surface area (Å²) < 4.78 is 23.1. The van der Waals surface area contributed by atoms with Crippen LogP contribution in [0.4, 0.5) is 0 Å². The highest BCUT2D eigenvalue weighted by Gasteiger charge is 2.28. The van der Waals surface area contributed by atoms with Crippen LogP contribution in [0.15, 0.2) is 4.99 Å². The van der Waals surface area contributed by atoms with E-state index in [2.05, 4.69) is 20.9 Å².